The first-order valence-electron chi connectivity index (χ1n) is 6.69. The topological polar surface area (TPSA) is 35.6 Å². The highest BCUT2D eigenvalue weighted by Crippen LogP contribution is 2.16. The van der Waals surface area contributed by atoms with Gasteiger partial charge in [0.15, 0.2) is 0 Å². The van der Waals surface area contributed by atoms with Gasteiger partial charge >= 0.3 is 0 Å². The predicted molar refractivity (Wildman–Crippen MR) is 73.7 cm³/mol. The Kier molecular flexibility index (Phi) is 4.74. The smallest absolute Gasteiger partial charge is 0.236 e. The van der Waals surface area contributed by atoms with Crippen molar-refractivity contribution in [2.45, 2.75) is 6.92 Å². The third-order valence-corrected chi connectivity index (χ3v) is 3.35. The third-order valence-electron chi connectivity index (χ3n) is 3.35. The minimum absolute atomic E-state index is 0.153. The SMILES string of the molecule is CCNCC(=O)N1CCN(c2ccc(F)cc2)CC1. The van der Waals surface area contributed by atoms with Crippen molar-refractivity contribution in [2.75, 3.05) is 44.2 Å². The second-order valence-electron chi connectivity index (χ2n) is 4.62. The molecule has 1 aromatic rings. The predicted octanol–water partition coefficient (Wildman–Crippen LogP) is 1.08. The molecule has 0 unspecified atom stereocenters. The summed E-state index contributed by atoms with van der Waals surface area (Å²) in [4.78, 5) is 15.9. The molecule has 0 aromatic heterocycles. The minimum atomic E-state index is -0.219. The number of anilines is 1. The lowest BCUT2D eigenvalue weighted by Crippen LogP contribution is -2.50. The number of piperazine rings is 1. The summed E-state index contributed by atoms with van der Waals surface area (Å²) in [6.07, 6.45) is 0. The maximum atomic E-state index is 12.9. The Morgan fingerprint density at radius 2 is 1.84 bits per heavy atom. The van der Waals surface area contributed by atoms with Crippen LogP contribution in [0.4, 0.5) is 10.1 Å². The summed E-state index contributed by atoms with van der Waals surface area (Å²) in [6, 6.07) is 6.51. The van der Waals surface area contributed by atoms with Crippen molar-refractivity contribution < 1.29 is 9.18 Å². The number of nitrogens with one attached hydrogen (secondary N) is 1. The maximum Gasteiger partial charge on any atom is 0.236 e. The average Bonchev–Trinajstić information content (AvgIpc) is 2.46. The fourth-order valence-corrected chi connectivity index (χ4v) is 2.21. The summed E-state index contributed by atoms with van der Waals surface area (Å²) in [5.41, 5.74) is 1.01. The van der Waals surface area contributed by atoms with Crippen LogP contribution >= 0.6 is 0 Å². The zero-order valence-corrected chi connectivity index (χ0v) is 11.2. The summed E-state index contributed by atoms with van der Waals surface area (Å²) in [6.45, 7) is 6.24. The second-order valence-corrected chi connectivity index (χ2v) is 4.62. The van der Waals surface area contributed by atoms with Crippen LogP contribution < -0.4 is 10.2 Å². The number of halogens is 1. The number of rotatable bonds is 4. The molecule has 2 rings (SSSR count). The van der Waals surface area contributed by atoms with Gasteiger partial charge in [-0.25, -0.2) is 4.39 Å². The average molecular weight is 265 g/mol. The summed E-state index contributed by atoms with van der Waals surface area (Å²) in [5, 5.41) is 3.05. The van der Waals surface area contributed by atoms with Crippen molar-refractivity contribution in [2.24, 2.45) is 0 Å². The van der Waals surface area contributed by atoms with Crippen molar-refractivity contribution in [3.05, 3.63) is 30.1 Å². The van der Waals surface area contributed by atoms with Gasteiger partial charge in [0.05, 0.1) is 6.54 Å². The number of carbonyl (C=O) groups excluding carboxylic acids is 1. The normalized spacial score (nSPS) is 15.7. The maximum absolute atomic E-state index is 12.9. The monoisotopic (exact) mass is 265 g/mol. The molecule has 1 amide bonds. The third kappa shape index (κ3) is 3.67. The van der Waals surface area contributed by atoms with E-state index in [2.05, 4.69) is 10.2 Å². The van der Waals surface area contributed by atoms with E-state index in [1.807, 2.05) is 11.8 Å². The number of hydrogen-bond acceptors (Lipinski definition) is 3. The lowest BCUT2D eigenvalue weighted by Gasteiger charge is -2.36. The molecule has 0 saturated carbocycles. The van der Waals surface area contributed by atoms with Crippen LogP contribution in [0.5, 0.6) is 0 Å². The molecule has 1 saturated heterocycles. The van der Waals surface area contributed by atoms with Gasteiger partial charge < -0.3 is 15.1 Å². The van der Waals surface area contributed by atoms with E-state index in [4.69, 9.17) is 0 Å². The first kappa shape index (κ1) is 13.8. The molecule has 0 radical (unpaired) electrons. The van der Waals surface area contributed by atoms with Crippen molar-refractivity contribution in [1.82, 2.24) is 10.2 Å². The van der Waals surface area contributed by atoms with E-state index in [1.165, 1.54) is 12.1 Å². The highest BCUT2D eigenvalue weighted by atomic mass is 19.1. The first-order valence-corrected chi connectivity index (χ1v) is 6.69. The molecule has 4 nitrogen and oxygen atoms in total. The van der Waals surface area contributed by atoms with Crippen LogP contribution in [-0.2, 0) is 4.79 Å². The Morgan fingerprint density at radius 3 is 2.42 bits per heavy atom. The van der Waals surface area contributed by atoms with Crippen LogP contribution in [0, 0.1) is 5.82 Å². The van der Waals surface area contributed by atoms with Crippen LogP contribution in [0.1, 0.15) is 6.92 Å². The van der Waals surface area contributed by atoms with E-state index in [0.717, 1.165) is 38.4 Å². The van der Waals surface area contributed by atoms with Gasteiger partial charge in [0, 0.05) is 31.9 Å². The van der Waals surface area contributed by atoms with Crippen LogP contribution in [0.15, 0.2) is 24.3 Å². The van der Waals surface area contributed by atoms with Gasteiger partial charge in [-0.1, -0.05) is 6.92 Å². The van der Waals surface area contributed by atoms with Gasteiger partial charge in [-0.05, 0) is 30.8 Å². The lowest BCUT2D eigenvalue weighted by atomic mass is 10.2. The highest BCUT2D eigenvalue weighted by molar-refractivity contribution is 5.78. The van der Waals surface area contributed by atoms with Crippen molar-refractivity contribution >= 4 is 11.6 Å². The van der Waals surface area contributed by atoms with Gasteiger partial charge in [-0.15, -0.1) is 0 Å². The zero-order chi connectivity index (χ0) is 13.7. The van der Waals surface area contributed by atoms with E-state index >= 15 is 0 Å². The molecule has 1 aliphatic rings. The molecule has 0 spiro atoms. The van der Waals surface area contributed by atoms with Crippen molar-refractivity contribution in [3.63, 3.8) is 0 Å². The molecule has 104 valence electrons. The standard InChI is InChI=1S/C14H20FN3O/c1-2-16-11-14(19)18-9-7-17(8-10-18)13-5-3-12(15)4-6-13/h3-6,16H,2,7-11H2,1H3. The molecule has 5 heteroatoms. The van der Waals surface area contributed by atoms with Crippen LogP contribution in [0.25, 0.3) is 0 Å². The van der Waals surface area contributed by atoms with Gasteiger partial charge in [0.25, 0.3) is 0 Å². The summed E-state index contributed by atoms with van der Waals surface area (Å²) in [7, 11) is 0. The minimum Gasteiger partial charge on any atom is -0.368 e. The Labute approximate surface area is 113 Å². The summed E-state index contributed by atoms with van der Waals surface area (Å²) >= 11 is 0. The number of hydrogen-bond donors (Lipinski definition) is 1. The summed E-state index contributed by atoms with van der Waals surface area (Å²) in [5.74, 6) is -0.0659. The molecule has 19 heavy (non-hydrogen) atoms. The largest absolute Gasteiger partial charge is 0.368 e. The van der Waals surface area contributed by atoms with E-state index in [9.17, 15) is 9.18 Å². The number of amides is 1. The molecular weight excluding hydrogens is 245 g/mol. The van der Waals surface area contributed by atoms with Gasteiger partial charge in [-0.2, -0.15) is 0 Å². The Balaban J connectivity index is 1.85. The first-order chi connectivity index (χ1) is 9.20. The van der Waals surface area contributed by atoms with Gasteiger partial charge in [0.1, 0.15) is 5.82 Å². The fraction of sp³-hybridized carbons (Fsp3) is 0.500. The van der Waals surface area contributed by atoms with Gasteiger partial charge in [-0.3, -0.25) is 4.79 Å². The number of benzene rings is 1. The van der Waals surface area contributed by atoms with Crippen molar-refractivity contribution in [1.29, 1.82) is 0 Å². The number of nitrogens with zero attached hydrogens (tertiary/aromatic N) is 2. The molecule has 0 aliphatic carbocycles. The van der Waals surface area contributed by atoms with Crippen LogP contribution in [0.3, 0.4) is 0 Å². The molecule has 1 aromatic carbocycles. The Morgan fingerprint density at radius 1 is 1.21 bits per heavy atom. The fourth-order valence-electron chi connectivity index (χ4n) is 2.21. The number of likely N-dealkylation sites (N-methyl/N-ethyl adjacent to an activating group) is 1. The quantitative estimate of drug-likeness (QED) is 0.885. The van der Waals surface area contributed by atoms with E-state index in [1.54, 1.807) is 12.1 Å². The zero-order valence-electron chi connectivity index (χ0n) is 11.2. The molecule has 0 atom stereocenters. The van der Waals surface area contributed by atoms with E-state index in [0.29, 0.717) is 6.54 Å². The van der Waals surface area contributed by atoms with Crippen molar-refractivity contribution in [3.8, 4) is 0 Å². The van der Waals surface area contributed by atoms with E-state index in [-0.39, 0.29) is 11.7 Å². The van der Waals surface area contributed by atoms with Crippen LogP contribution in [-0.4, -0.2) is 50.1 Å². The Bertz CT molecular complexity index is 413. The highest BCUT2D eigenvalue weighted by Gasteiger charge is 2.20. The van der Waals surface area contributed by atoms with E-state index < -0.39 is 0 Å². The summed E-state index contributed by atoms with van der Waals surface area (Å²) < 4.78 is 12.9. The molecule has 1 heterocycles. The molecule has 1 aliphatic heterocycles. The molecule has 1 fully saturated rings. The molecular formula is C14H20FN3O. The second kappa shape index (κ2) is 6.52. The molecule has 0 bridgehead atoms. The van der Waals surface area contributed by atoms with Gasteiger partial charge in [0.2, 0.25) is 5.91 Å². The van der Waals surface area contributed by atoms with Crippen LogP contribution in [0.2, 0.25) is 0 Å². The number of carbonyl (C=O) groups is 1. The Hall–Kier alpha value is -1.62. The lowest BCUT2D eigenvalue weighted by molar-refractivity contribution is -0.130. The molecule has 1 N–H and O–H groups in total.